The Morgan fingerprint density at radius 1 is 1.30 bits per heavy atom. The SMILES string of the molecule is CC1(C)CCC(O)(c2ncc[nH]2)c2cc(C=O)ccc21. The maximum Gasteiger partial charge on any atom is 0.150 e. The van der Waals surface area contributed by atoms with E-state index in [1.54, 1.807) is 18.5 Å². The summed E-state index contributed by atoms with van der Waals surface area (Å²) in [6.45, 7) is 4.32. The van der Waals surface area contributed by atoms with E-state index >= 15 is 0 Å². The van der Waals surface area contributed by atoms with Gasteiger partial charge in [-0.1, -0.05) is 26.0 Å². The van der Waals surface area contributed by atoms with Gasteiger partial charge in [0.25, 0.3) is 0 Å². The Labute approximate surface area is 117 Å². The number of H-pyrrole nitrogens is 1. The quantitative estimate of drug-likeness (QED) is 0.824. The highest BCUT2D eigenvalue weighted by Gasteiger charge is 2.44. The van der Waals surface area contributed by atoms with Crippen LogP contribution >= 0.6 is 0 Å². The number of nitrogens with zero attached hydrogens (tertiary/aromatic N) is 1. The highest BCUT2D eigenvalue weighted by Crippen LogP contribution is 2.47. The maximum atomic E-state index is 11.1. The lowest BCUT2D eigenvalue weighted by Crippen LogP contribution is -2.39. The summed E-state index contributed by atoms with van der Waals surface area (Å²) in [6, 6.07) is 5.54. The van der Waals surface area contributed by atoms with Crippen LogP contribution in [-0.4, -0.2) is 21.4 Å². The Hall–Kier alpha value is -1.94. The van der Waals surface area contributed by atoms with Gasteiger partial charge in [-0.15, -0.1) is 0 Å². The second-order valence-electron chi connectivity index (χ2n) is 6.10. The van der Waals surface area contributed by atoms with Crippen LogP contribution in [0.2, 0.25) is 0 Å². The van der Waals surface area contributed by atoms with Crippen molar-refractivity contribution in [3.05, 3.63) is 53.1 Å². The summed E-state index contributed by atoms with van der Waals surface area (Å²) >= 11 is 0. The Balaban J connectivity index is 2.25. The van der Waals surface area contributed by atoms with Gasteiger partial charge >= 0.3 is 0 Å². The molecule has 20 heavy (non-hydrogen) atoms. The predicted molar refractivity (Wildman–Crippen MR) is 75.7 cm³/mol. The summed E-state index contributed by atoms with van der Waals surface area (Å²) < 4.78 is 0. The molecule has 2 aromatic rings. The van der Waals surface area contributed by atoms with E-state index in [1.807, 2.05) is 12.1 Å². The van der Waals surface area contributed by atoms with Gasteiger partial charge in [0.2, 0.25) is 0 Å². The van der Waals surface area contributed by atoms with Crippen molar-refractivity contribution in [3.8, 4) is 0 Å². The zero-order chi connectivity index (χ0) is 14.4. The van der Waals surface area contributed by atoms with E-state index in [0.717, 1.165) is 23.8 Å². The molecule has 1 aromatic heterocycles. The van der Waals surface area contributed by atoms with Crippen LogP contribution in [0.4, 0.5) is 0 Å². The van der Waals surface area contributed by atoms with Gasteiger partial charge in [0.05, 0.1) is 0 Å². The van der Waals surface area contributed by atoms with E-state index < -0.39 is 5.60 Å². The molecule has 0 saturated heterocycles. The van der Waals surface area contributed by atoms with Crippen LogP contribution in [0.1, 0.15) is 54.0 Å². The maximum absolute atomic E-state index is 11.1. The molecule has 4 heteroatoms. The molecular weight excluding hydrogens is 252 g/mol. The minimum atomic E-state index is -1.15. The molecule has 1 aromatic carbocycles. The second kappa shape index (κ2) is 4.28. The molecule has 0 fully saturated rings. The summed E-state index contributed by atoms with van der Waals surface area (Å²) in [5.74, 6) is 0.539. The minimum Gasteiger partial charge on any atom is -0.377 e. The fourth-order valence-electron chi connectivity index (χ4n) is 3.07. The Kier molecular flexibility index (Phi) is 2.80. The fourth-order valence-corrected chi connectivity index (χ4v) is 3.07. The summed E-state index contributed by atoms with van der Waals surface area (Å²) in [7, 11) is 0. The molecule has 0 amide bonds. The lowest BCUT2D eigenvalue weighted by atomic mass is 9.66. The van der Waals surface area contributed by atoms with Crippen molar-refractivity contribution in [3.63, 3.8) is 0 Å². The van der Waals surface area contributed by atoms with Gasteiger partial charge in [0.1, 0.15) is 17.7 Å². The van der Waals surface area contributed by atoms with Crippen LogP contribution < -0.4 is 0 Å². The number of rotatable bonds is 2. The third-order valence-electron chi connectivity index (χ3n) is 4.36. The molecule has 1 unspecified atom stereocenters. The van der Waals surface area contributed by atoms with Crippen LogP contribution in [0.3, 0.4) is 0 Å². The van der Waals surface area contributed by atoms with Crippen molar-refractivity contribution in [1.82, 2.24) is 9.97 Å². The number of fused-ring (bicyclic) bond motifs is 1. The van der Waals surface area contributed by atoms with Gasteiger partial charge < -0.3 is 10.1 Å². The molecule has 104 valence electrons. The van der Waals surface area contributed by atoms with Crippen LogP contribution in [-0.2, 0) is 11.0 Å². The Bertz CT molecular complexity index is 647. The topological polar surface area (TPSA) is 66.0 Å². The number of aliphatic hydroxyl groups is 1. The number of carbonyl (C=O) groups is 1. The van der Waals surface area contributed by atoms with Crippen LogP contribution in [0.5, 0.6) is 0 Å². The van der Waals surface area contributed by atoms with Gasteiger partial charge in [-0.25, -0.2) is 4.98 Å². The lowest BCUT2D eigenvalue weighted by molar-refractivity contribution is 0.0417. The Morgan fingerprint density at radius 2 is 2.10 bits per heavy atom. The standard InChI is InChI=1S/C16H18N2O2/c1-15(2)5-6-16(20,14-17-7-8-18-14)13-9-11(10-19)3-4-12(13)15/h3-4,7-10,20H,5-6H2,1-2H3,(H,17,18). The lowest BCUT2D eigenvalue weighted by Gasteiger charge is -2.41. The molecule has 1 atom stereocenters. The molecule has 1 heterocycles. The van der Waals surface area contributed by atoms with Crippen LogP contribution in [0.25, 0.3) is 0 Å². The van der Waals surface area contributed by atoms with Gasteiger partial charge in [-0.05, 0) is 35.4 Å². The molecular formula is C16H18N2O2. The molecule has 0 spiro atoms. The summed E-state index contributed by atoms with van der Waals surface area (Å²) in [4.78, 5) is 18.3. The zero-order valence-corrected chi connectivity index (χ0v) is 11.7. The molecule has 2 N–H and O–H groups in total. The summed E-state index contributed by atoms with van der Waals surface area (Å²) in [5.41, 5.74) is 1.27. The summed E-state index contributed by atoms with van der Waals surface area (Å²) in [5, 5.41) is 11.1. The van der Waals surface area contributed by atoms with Gasteiger partial charge in [0.15, 0.2) is 0 Å². The van der Waals surface area contributed by atoms with E-state index in [2.05, 4.69) is 23.8 Å². The van der Waals surface area contributed by atoms with E-state index in [1.165, 1.54) is 0 Å². The molecule has 1 aliphatic rings. The molecule has 1 aliphatic carbocycles. The average molecular weight is 270 g/mol. The number of hydrogen-bond donors (Lipinski definition) is 2. The number of imidazole rings is 1. The van der Waals surface area contributed by atoms with E-state index in [4.69, 9.17) is 0 Å². The Morgan fingerprint density at radius 3 is 2.75 bits per heavy atom. The van der Waals surface area contributed by atoms with Crippen LogP contribution in [0.15, 0.2) is 30.6 Å². The molecule has 0 radical (unpaired) electrons. The van der Waals surface area contributed by atoms with Crippen molar-refractivity contribution in [2.24, 2.45) is 0 Å². The smallest absolute Gasteiger partial charge is 0.150 e. The van der Waals surface area contributed by atoms with E-state index in [0.29, 0.717) is 17.8 Å². The highest BCUT2D eigenvalue weighted by molar-refractivity contribution is 5.76. The van der Waals surface area contributed by atoms with E-state index in [-0.39, 0.29) is 5.41 Å². The van der Waals surface area contributed by atoms with Gasteiger partial charge in [-0.3, -0.25) is 4.79 Å². The highest BCUT2D eigenvalue weighted by atomic mass is 16.3. The largest absolute Gasteiger partial charge is 0.377 e. The predicted octanol–water partition coefficient (Wildman–Crippen LogP) is 2.53. The number of aromatic nitrogens is 2. The van der Waals surface area contributed by atoms with Crippen molar-refractivity contribution in [1.29, 1.82) is 0 Å². The average Bonchev–Trinajstić information content (AvgIpc) is 2.98. The molecule has 3 rings (SSSR count). The van der Waals surface area contributed by atoms with Crippen molar-refractivity contribution in [2.75, 3.05) is 0 Å². The first-order chi connectivity index (χ1) is 9.47. The number of nitrogens with one attached hydrogen (secondary N) is 1. The van der Waals surface area contributed by atoms with Gasteiger partial charge in [-0.2, -0.15) is 0 Å². The number of carbonyl (C=O) groups excluding carboxylic acids is 1. The van der Waals surface area contributed by atoms with Crippen molar-refractivity contribution < 1.29 is 9.90 Å². The second-order valence-corrected chi connectivity index (χ2v) is 6.10. The monoisotopic (exact) mass is 270 g/mol. The number of hydrogen-bond acceptors (Lipinski definition) is 3. The van der Waals surface area contributed by atoms with E-state index in [9.17, 15) is 9.90 Å². The third kappa shape index (κ3) is 1.79. The number of aromatic amines is 1. The minimum absolute atomic E-state index is 0.0183. The van der Waals surface area contributed by atoms with Crippen molar-refractivity contribution in [2.45, 2.75) is 37.7 Å². The molecule has 0 saturated carbocycles. The number of benzene rings is 1. The third-order valence-corrected chi connectivity index (χ3v) is 4.36. The van der Waals surface area contributed by atoms with Gasteiger partial charge in [0, 0.05) is 18.0 Å². The van der Waals surface area contributed by atoms with Crippen LogP contribution in [0, 0.1) is 0 Å². The zero-order valence-electron chi connectivity index (χ0n) is 11.7. The molecule has 4 nitrogen and oxygen atoms in total. The summed E-state index contributed by atoms with van der Waals surface area (Å²) in [6.07, 6.45) is 5.59. The first kappa shape index (κ1) is 13.1. The van der Waals surface area contributed by atoms with Crippen molar-refractivity contribution >= 4 is 6.29 Å². The fraction of sp³-hybridized carbons (Fsp3) is 0.375. The normalized spacial score (nSPS) is 24.1. The molecule has 0 bridgehead atoms. The first-order valence-corrected chi connectivity index (χ1v) is 6.80. The molecule has 0 aliphatic heterocycles. The number of aldehydes is 1. The first-order valence-electron chi connectivity index (χ1n) is 6.80.